The third-order valence-electron chi connectivity index (χ3n) is 2.15. The number of hydrazine groups is 1. The minimum atomic E-state index is 0.602. The molecule has 0 aromatic carbocycles. The van der Waals surface area contributed by atoms with Crippen LogP contribution in [0.2, 0.25) is 0 Å². The van der Waals surface area contributed by atoms with Crippen molar-refractivity contribution in [3.05, 3.63) is 0 Å². The molecule has 0 aliphatic heterocycles. The zero-order chi connectivity index (χ0) is 7.56. The summed E-state index contributed by atoms with van der Waals surface area (Å²) >= 11 is 0. The molecule has 1 aliphatic rings. The van der Waals surface area contributed by atoms with Crippen molar-refractivity contribution in [1.82, 2.24) is 5.43 Å². The predicted octanol–water partition coefficient (Wildman–Crippen LogP) is 0.524. The first-order chi connectivity index (χ1) is 4.77. The van der Waals surface area contributed by atoms with Gasteiger partial charge in [-0.15, -0.1) is 0 Å². The Hall–Kier alpha value is -0.570. The molecule has 0 radical (unpaired) electrons. The molecule has 1 fully saturated rings. The summed E-state index contributed by atoms with van der Waals surface area (Å²) < 4.78 is 0. The fraction of sp³-hybridized carbons (Fsp3) is 0.857. The third kappa shape index (κ3) is 1.29. The van der Waals surface area contributed by atoms with Gasteiger partial charge in [-0.3, -0.25) is 4.99 Å². The van der Waals surface area contributed by atoms with Crippen LogP contribution in [0.15, 0.2) is 4.99 Å². The van der Waals surface area contributed by atoms with E-state index in [1.54, 1.807) is 7.05 Å². The molecule has 0 aromatic heterocycles. The van der Waals surface area contributed by atoms with Gasteiger partial charge in [0.25, 0.3) is 0 Å². The van der Waals surface area contributed by atoms with Crippen molar-refractivity contribution in [2.45, 2.75) is 19.8 Å². The average molecular weight is 141 g/mol. The Kier molecular flexibility index (Phi) is 2.27. The number of rotatable bonds is 1. The summed E-state index contributed by atoms with van der Waals surface area (Å²) in [5.41, 5.74) is 2.62. The van der Waals surface area contributed by atoms with Gasteiger partial charge in [-0.05, 0) is 18.8 Å². The van der Waals surface area contributed by atoms with E-state index in [-0.39, 0.29) is 0 Å². The normalized spacial score (nSPS) is 33.3. The predicted molar refractivity (Wildman–Crippen MR) is 42.6 cm³/mol. The smallest absolute Gasteiger partial charge is 0.113 e. The first kappa shape index (κ1) is 7.54. The maximum Gasteiger partial charge on any atom is 0.113 e. The van der Waals surface area contributed by atoms with E-state index in [2.05, 4.69) is 17.3 Å². The highest BCUT2D eigenvalue weighted by Gasteiger charge is 2.28. The first-order valence-corrected chi connectivity index (χ1v) is 3.71. The van der Waals surface area contributed by atoms with Crippen molar-refractivity contribution in [3.63, 3.8) is 0 Å². The Bertz CT molecular complexity index is 136. The van der Waals surface area contributed by atoms with Crippen LogP contribution in [0.4, 0.5) is 0 Å². The van der Waals surface area contributed by atoms with E-state index in [1.165, 1.54) is 12.8 Å². The number of hydrogen-bond acceptors (Lipinski definition) is 2. The maximum absolute atomic E-state index is 5.26. The van der Waals surface area contributed by atoms with E-state index in [0.29, 0.717) is 5.92 Å². The molecule has 3 nitrogen and oxygen atoms in total. The molecule has 1 rings (SSSR count). The van der Waals surface area contributed by atoms with E-state index in [1.807, 2.05) is 0 Å². The van der Waals surface area contributed by atoms with Crippen LogP contribution in [-0.4, -0.2) is 12.9 Å². The van der Waals surface area contributed by atoms with Gasteiger partial charge in [0.15, 0.2) is 0 Å². The largest absolute Gasteiger partial charge is 0.312 e. The van der Waals surface area contributed by atoms with Gasteiger partial charge in [-0.25, -0.2) is 5.84 Å². The summed E-state index contributed by atoms with van der Waals surface area (Å²) in [6, 6.07) is 0. The SMILES string of the molecule is CN=C(NN)C1CC(C)C1. The summed E-state index contributed by atoms with van der Waals surface area (Å²) in [7, 11) is 1.78. The number of nitrogens with one attached hydrogen (secondary N) is 1. The Labute approximate surface area is 61.7 Å². The number of hydrogen-bond donors (Lipinski definition) is 2. The number of aliphatic imine (C=N–C) groups is 1. The van der Waals surface area contributed by atoms with Crippen molar-refractivity contribution in [1.29, 1.82) is 0 Å². The summed E-state index contributed by atoms with van der Waals surface area (Å²) in [4.78, 5) is 4.04. The van der Waals surface area contributed by atoms with Gasteiger partial charge < -0.3 is 5.43 Å². The summed E-state index contributed by atoms with van der Waals surface area (Å²) in [6.45, 7) is 2.25. The Morgan fingerprint density at radius 1 is 1.60 bits per heavy atom. The standard InChI is InChI=1S/C7H15N3/c1-5-3-6(4-5)7(9-2)10-8/h5-6H,3-4,8H2,1-2H3,(H,9,10). The van der Waals surface area contributed by atoms with Crippen molar-refractivity contribution in [2.24, 2.45) is 22.7 Å². The summed E-state index contributed by atoms with van der Waals surface area (Å²) in [5.74, 6) is 7.67. The molecule has 0 spiro atoms. The Morgan fingerprint density at radius 2 is 2.20 bits per heavy atom. The fourth-order valence-electron chi connectivity index (χ4n) is 1.49. The van der Waals surface area contributed by atoms with Gasteiger partial charge in [-0.2, -0.15) is 0 Å². The minimum Gasteiger partial charge on any atom is -0.312 e. The van der Waals surface area contributed by atoms with E-state index in [4.69, 9.17) is 5.84 Å². The fourth-order valence-corrected chi connectivity index (χ4v) is 1.49. The molecule has 0 amide bonds. The maximum atomic E-state index is 5.26. The van der Waals surface area contributed by atoms with E-state index < -0.39 is 0 Å². The van der Waals surface area contributed by atoms with E-state index in [0.717, 1.165) is 11.8 Å². The zero-order valence-electron chi connectivity index (χ0n) is 6.59. The van der Waals surface area contributed by atoms with Gasteiger partial charge in [-0.1, -0.05) is 6.92 Å². The highest BCUT2D eigenvalue weighted by molar-refractivity contribution is 5.84. The van der Waals surface area contributed by atoms with Crippen LogP contribution in [0, 0.1) is 11.8 Å². The van der Waals surface area contributed by atoms with E-state index >= 15 is 0 Å². The Morgan fingerprint density at radius 3 is 2.50 bits per heavy atom. The molecule has 0 aromatic rings. The van der Waals surface area contributed by atoms with Crippen molar-refractivity contribution in [3.8, 4) is 0 Å². The van der Waals surface area contributed by atoms with Gasteiger partial charge in [0, 0.05) is 13.0 Å². The second kappa shape index (κ2) is 3.01. The second-order valence-electron chi connectivity index (χ2n) is 3.03. The van der Waals surface area contributed by atoms with Gasteiger partial charge in [0.1, 0.15) is 5.84 Å². The van der Waals surface area contributed by atoms with Crippen LogP contribution in [0.1, 0.15) is 19.8 Å². The molecular formula is C7H15N3. The quantitative estimate of drug-likeness (QED) is 0.242. The van der Waals surface area contributed by atoms with Crippen LogP contribution in [0.5, 0.6) is 0 Å². The van der Waals surface area contributed by atoms with Gasteiger partial charge >= 0.3 is 0 Å². The molecule has 3 N–H and O–H groups in total. The lowest BCUT2D eigenvalue weighted by Crippen LogP contribution is -2.41. The first-order valence-electron chi connectivity index (χ1n) is 3.71. The second-order valence-corrected chi connectivity index (χ2v) is 3.03. The highest BCUT2D eigenvalue weighted by Crippen LogP contribution is 2.33. The molecular weight excluding hydrogens is 126 g/mol. The molecule has 1 saturated carbocycles. The molecule has 0 atom stereocenters. The van der Waals surface area contributed by atoms with E-state index in [9.17, 15) is 0 Å². The molecule has 0 saturated heterocycles. The third-order valence-corrected chi connectivity index (χ3v) is 2.15. The summed E-state index contributed by atoms with van der Waals surface area (Å²) in [5, 5.41) is 0. The van der Waals surface area contributed by atoms with Crippen LogP contribution >= 0.6 is 0 Å². The monoisotopic (exact) mass is 141 g/mol. The van der Waals surface area contributed by atoms with Crippen LogP contribution < -0.4 is 11.3 Å². The van der Waals surface area contributed by atoms with Crippen molar-refractivity contribution < 1.29 is 0 Å². The molecule has 1 aliphatic carbocycles. The lowest BCUT2D eigenvalue weighted by molar-refractivity contribution is 0.276. The van der Waals surface area contributed by atoms with Crippen molar-refractivity contribution >= 4 is 5.84 Å². The van der Waals surface area contributed by atoms with Gasteiger partial charge in [0.05, 0.1) is 0 Å². The number of nitrogens with two attached hydrogens (primary N) is 1. The Balaban J connectivity index is 2.36. The average Bonchev–Trinajstić information content (AvgIpc) is 1.87. The lowest BCUT2D eigenvalue weighted by Gasteiger charge is -2.32. The van der Waals surface area contributed by atoms with Crippen LogP contribution in [-0.2, 0) is 0 Å². The zero-order valence-corrected chi connectivity index (χ0v) is 6.59. The molecule has 0 bridgehead atoms. The number of amidine groups is 1. The van der Waals surface area contributed by atoms with Crippen LogP contribution in [0.25, 0.3) is 0 Å². The van der Waals surface area contributed by atoms with Crippen molar-refractivity contribution in [2.75, 3.05) is 7.05 Å². The number of nitrogens with zero attached hydrogens (tertiary/aromatic N) is 1. The minimum absolute atomic E-state index is 0.602. The van der Waals surface area contributed by atoms with Gasteiger partial charge in [0.2, 0.25) is 0 Å². The molecule has 10 heavy (non-hydrogen) atoms. The van der Waals surface area contributed by atoms with Crippen LogP contribution in [0.3, 0.4) is 0 Å². The molecule has 58 valence electrons. The molecule has 0 heterocycles. The lowest BCUT2D eigenvalue weighted by atomic mass is 9.75. The topological polar surface area (TPSA) is 50.4 Å². The summed E-state index contributed by atoms with van der Waals surface area (Å²) in [6.07, 6.45) is 2.47. The molecule has 3 heteroatoms. The highest BCUT2D eigenvalue weighted by atomic mass is 15.3. The molecule has 0 unspecified atom stereocenters.